The fraction of sp³-hybridized carbons (Fsp3) is 0.367. The Labute approximate surface area is 194 Å². The number of aromatic carboxylic acids is 1. The number of ether oxygens (including phenoxy) is 1. The van der Waals surface area contributed by atoms with E-state index in [2.05, 4.69) is 17.9 Å². The van der Waals surface area contributed by atoms with Crippen LogP contribution < -0.4 is 4.74 Å². The van der Waals surface area contributed by atoms with Crippen molar-refractivity contribution >= 4 is 16.7 Å². The van der Waals surface area contributed by atoms with E-state index in [1.54, 1.807) is 7.11 Å². The Balaban J connectivity index is 1.67. The van der Waals surface area contributed by atoms with Gasteiger partial charge in [0.25, 0.3) is 0 Å². The molecule has 0 atom stereocenters. The summed E-state index contributed by atoms with van der Waals surface area (Å²) in [6.45, 7) is 0. The van der Waals surface area contributed by atoms with Gasteiger partial charge in [-0.1, -0.05) is 54.3 Å². The molecule has 0 heterocycles. The molecular weight excluding hydrogens is 408 g/mol. The van der Waals surface area contributed by atoms with Crippen LogP contribution in [0.25, 0.3) is 10.8 Å². The maximum Gasteiger partial charge on any atom is 0.337 e. The third kappa shape index (κ3) is 3.23. The monoisotopic (exact) mass is 436 g/mol. The number of carboxylic acid groups (broad SMARTS) is 1. The molecule has 4 bridgehead atoms. The summed E-state index contributed by atoms with van der Waals surface area (Å²) < 4.78 is 6.05. The van der Waals surface area contributed by atoms with Crippen LogP contribution in [-0.2, 0) is 5.41 Å². The van der Waals surface area contributed by atoms with Crippen LogP contribution in [0, 0.1) is 29.6 Å². The molecule has 3 nitrogen and oxygen atoms in total. The Morgan fingerprint density at radius 3 is 2.03 bits per heavy atom. The van der Waals surface area contributed by atoms with Crippen molar-refractivity contribution in [3.05, 3.63) is 76.9 Å². The smallest absolute Gasteiger partial charge is 0.337 e. The molecule has 0 spiro atoms. The molecule has 0 unspecified atom stereocenters. The summed E-state index contributed by atoms with van der Waals surface area (Å²) in [5.74, 6) is 8.47. The first-order chi connectivity index (χ1) is 16.1. The quantitative estimate of drug-likeness (QED) is 0.482. The Hall–Kier alpha value is -3.25. The molecule has 1 N–H and O–H groups in total. The average Bonchev–Trinajstić information content (AvgIpc) is 2.81. The lowest BCUT2D eigenvalue weighted by Gasteiger charge is -2.57. The SMILES string of the molecule is COc1c(C23CC4CC(CC(C4)C2)C3)c(C(=O)O)c(C#Cc2ccccc2)c2ccccc12. The molecule has 3 heteroatoms. The molecule has 4 aliphatic carbocycles. The Kier molecular flexibility index (Phi) is 4.73. The summed E-state index contributed by atoms with van der Waals surface area (Å²) in [5.41, 5.74) is 2.64. The van der Waals surface area contributed by atoms with Crippen molar-refractivity contribution in [1.29, 1.82) is 0 Å². The van der Waals surface area contributed by atoms with Crippen LogP contribution in [0.15, 0.2) is 54.6 Å². The summed E-state index contributed by atoms with van der Waals surface area (Å²) in [5, 5.41) is 12.4. The third-order valence-corrected chi connectivity index (χ3v) is 8.26. The molecule has 4 saturated carbocycles. The first kappa shape index (κ1) is 20.4. The van der Waals surface area contributed by atoms with Gasteiger partial charge in [-0.25, -0.2) is 4.79 Å². The highest BCUT2D eigenvalue weighted by atomic mass is 16.5. The zero-order valence-corrected chi connectivity index (χ0v) is 18.9. The lowest BCUT2D eigenvalue weighted by Crippen LogP contribution is -2.49. The van der Waals surface area contributed by atoms with E-state index in [4.69, 9.17) is 4.74 Å². The lowest BCUT2D eigenvalue weighted by atomic mass is 9.47. The largest absolute Gasteiger partial charge is 0.496 e. The van der Waals surface area contributed by atoms with E-state index in [-0.39, 0.29) is 5.41 Å². The standard InChI is InChI=1S/C30H28O3/c1-33-28-25-10-6-5-9-23(25)24(12-11-19-7-3-2-4-8-19)26(29(31)32)27(28)30-16-20-13-21(17-30)15-22(14-20)18-30/h2-10,20-22H,13-18H2,1H3,(H,31,32). The van der Waals surface area contributed by atoms with Crippen molar-refractivity contribution in [2.45, 2.75) is 43.9 Å². The van der Waals surface area contributed by atoms with Gasteiger partial charge < -0.3 is 9.84 Å². The van der Waals surface area contributed by atoms with Gasteiger partial charge in [-0.15, -0.1) is 0 Å². The maximum absolute atomic E-state index is 12.9. The fourth-order valence-electron chi connectivity index (χ4n) is 7.54. The predicted molar refractivity (Wildman–Crippen MR) is 130 cm³/mol. The second-order valence-electron chi connectivity index (χ2n) is 10.3. The highest BCUT2D eigenvalue weighted by molar-refractivity contribution is 6.05. The van der Waals surface area contributed by atoms with Crippen molar-refractivity contribution in [1.82, 2.24) is 0 Å². The number of carbonyl (C=O) groups is 1. The number of benzene rings is 3. The van der Waals surface area contributed by atoms with Crippen LogP contribution in [0.5, 0.6) is 5.75 Å². The molecule has 0 aromatic heterocycles. The van der Waals surface area contributed by atoms with Gasteiger partial charge in [0.1, 0.15) is 5.75 Å². The zero-order chi connectivity index (χ0) is 22.6. The summed E-state index contributed by atoms with van der Waals surface area (Å²) in [6, 6.07) is 17.8. The Morgan fingerprint density at radius 2 is 1.45 bits per heavy atom. The van der Waals surface area contributed by atoms with Crippen LogP contribution in [0.3, 0.4) is 0 Å². The van der Waals surface area contributed by atoms with E-state index in [9.17, 15) is 9.90 Å². The van der Waals surface area contributed by atoms with Crippen molar-refractivity contribution < 1.29 is 14.6 Å². The highest BCUT2D eigenvalue weighted by Gasteiger charge is 2.54. The lowest BCUT2D eigenvalue weighted by molar-refractivity contribution is -0.00672. The summed E-state index contributed by atoms with van der Waals surface area (Å²) in [4.78, 5) is 12.9. The second kappa shape index (κ2) is 7.66. The topological polar surface area (TPSA) is 46.5 Å². The van der Waals surface area contributed by atoms with Gasteiger partial charge in [-0.2, -0.15) is 0 Å². The zero-order valence-electron chi connectivity index (χ0n) is 18.9. The Bertz CT molecular complexity index is 1270. The van der Waals surface area contributed by atoms with Crippen LogP contribution in [-0.4, -0.2) is 18.2 Å². The van der Waals surface area contributed by atoms with E-state index in [1.807, 2.05) is 48.5 Å². The van der Waals surface area contributed by atoms with Crippen LogP contribution in [0.2, 0.25) is 0 Å². The Morgan fingerprint density at radius 1 is 0.879 bits per heavy atom. The van der Waals surface area contributed by atoms with Gasteiger partial charge in [0.05, 0.1) is 12.7 Å². The minimum absolute atomic E-state index is 0.124. The second-order valence-corrected chi connectivity index (χ2v) is 10.3. The van der Waals surface area contributed by atoms with Crippen LogP contribution in [0.4, 0.5) is 0 Å². The molecule has 3 aromatic carbocycles. The van der Waals surface area contributed by atoms with Gasteiger partial charge in [0.2, 0.25) is 0 Å². The van der Waals surface area contributed by atoms with E-state index in [0.717, 1.165) is 46.9 Å². The highest BCUT2D eigenvalue weighted by Crippen LogP contribution is 2.63. The number of hydrogen-bond acceptors (Lipinski definition) is 2. The normalized spacial score (nSPS) is 27.2. The van der Waals surface area contributed by atoms with Gasteiger partial charge in [-0.3, -0.25) is 0 Å². The van der Waals surface area contributed by atoms with Crippen molar-refractivity contribution in [2.75, 3.05) is 7.11 Å². The van der Waals surface area contributed by atoms with E-state index in [1.165, 1.54) is 19.3 Å². The van der Waals surface area contributed by atoms with Crippen molar-refractivity contribution in [3.63, 3.8) is 0 Å². The molecule has 0 radical (unpaired) electrons. The van der Waals surface area contributed by atoms with Crippen molar-refractivity contribution in [2.24, 2.45) is 17.8 Å². The summed E-state index contributed by atoms with van der Waals surface area (Å²) in [7, 11) is 1.69. The number of rotatable bonds is 3. The molecule has 3 aromatic rings. The number of methoxy groups -OCH3 is 1. The summed E-state index contributed by atoms with van der Waals surface area (Å²) >= 11 is 0. The molecule has 0 amide bonds. The average molecular weight is 437 g/mol. The third-order valence-electron chi connectivity index (χ3n) is 8.26. The summed E-state index contributed by atoms with van der Waals surface area (Å²) in [6.07, 6.45) is 7.12. The van der Waals surface area contributed by atoms with Crippen LogP contribution in [0.1, 0.15) is 65.6 Å². The van der Waals surface area contributed by atoms with Crippen LogP contribution >= 0.6 is 0 Å². The molecule has 4 aliphatic rings. The van der Waals surface area contributed by atoms with Crippen molar-refractivity contribution in [3.8, 4) is 17.6 Å². The number of fused-ring (bicyclic) bond motifs is 1. The maximum atomic E-state index is 12.9. The first-order valence-electron chi connectivity index (χ1n) is 12.0. The minimum Gasteiger partial charge on any atom is -0.496 e. The molecule has 7 rings (SSSR count). The van der Waals surface area contributed by atoms with Gasteiger partial charge >= 0.3 is 5.97 Å². The molecule has 4 fully saturated rings. The number of carboxylic acids is 1. The molecular formula is C30H28O3. The van der Waals surface area contributed by atoms with E-state index in [0.29, 0.717) is 28.9 Å². The molecule has 0 saturated heterocycles. The van der Waals surface area contributed by atoms with E-state index < -0.39 is 5.97 Å². The predicted octanol–water partition coefficient (Wildman–Crippen LogP) is 6.41. The molecule has 166 valence electrons. The fourth-order valence-corrected chi connectivity index (χ4v) is 7.54. The number of hydrogen-bond donors (Lipinski definition) is 1. The molecule has 0 aliphatic heterocycles. The minimum atomic E-state index is -0.901. The van der Waals surface area contributed by atoms with Gasteiger partial charge in [-0.05, 0) is 68.4 Å². The molecule has 33 heavy (non-hydrogen) atoms. The first-order valence-corrected chi connectivity index (χ1v) is 12.0. The van der Waals surface area contributed by atoms with Gasteiger partial charge in [0.15, 0.2) is 0 Å². The van der Waals surface area contributed by atoms with E-state index >= 15 is 0 Å². The van der Waals surface area contributed by atoms with Gasteiger partial charge in [0, 0.05) is 32.9 Å².